The van der Waals surface area contributed by atoms with Crippen LogP contribution in [0.4, 0.5) is 5.69 Å². The van der Waals surface area contributed by atoms with Gasteiger partial charge in [-0.15, -0.1) is 11.8 Å². The first kappa shape index (κ1) is 15.3. The summed E-state index contributed by atoms with van der Waals surface area (Å²) in [4.78, 5) is 17.6. The summed E-state index contributed by atoms with van der Waals surface area (Å²) >= 11 is 1.67. The van der Waals surface area contributed by atoms with Crippen molar-refractivity contribution < 1.29 is 4.79 Å². The molecule has 0 atom stereocenters. The molecule has 3 nitrogen and oxygen atoms in total. The summed E-state index contributed by atoms with van der Waals surface area (Å²) in [6, 6.07) is 17.6. The molecule has 0 aliphatic heterocycles. The second-order valence-electron chi connectivity index (χ2n) is 4.97. The standard InChI is InChI=1S/C19H16N2OS/c1-23-17-10-8-16(9-11-17)21-18(22)12-7-15-5-2-4-14-6-3-13-20-19(14)15/h2-13H,1H3,(H,21,22)/b12-7+. The normalized spacial score (nSPS) is 11.0. The van der Waals surface area contributed by atoms with Crippen molar-refractivity contribution in [1.29, 1.82) is 0 Å². The van der Waals surface area contributed by atoms with Crippen LogP contribution in [0.15, 0.2) is 71.8 Å². The summed E-state index contributed by atoms with van der Waals surface area (Å²) in [6.07, 6.45) is 7.11. The van der Waals surface area contributed by atoms with E-state index in [2.05, 4.69) is 10.3 Å². The average molecular weight is 320 g/mol. The third-order valence-electron chi connectivity index (χ3n) is 3.44. The number of carbonyl (C=O) groups is 1. The van der Waals surface area contributed by atoms with Crippen molar-refractivity contribution in [3.8, 4) is 0 Å². The number of rotatable bonds is 4. The van der Waals surface area contributed by atoms with Gasteiger partial charge in [0.2, 0.25) is 5.91 Å². The van der Waals surface area contributed by atoms with Crippen molar-refractivity contribution in [3.63, 3.8) is 0 Å². The highest BCUT2D eigenvalue weighted by molar-refractivity contribution is 7.98. The van der Waals surface area contributed by atoms with E-state index in [1.165, 1.54) is 11.0 Å². The molecule has 3 aromatic rings. The first-order valence-electron chi connectivity index (χ1n) is 7.23. The molecule has 2 aromatic carbocycles. The molecule has 114 valence electrons. The Kier molecular flexibility index (Phi) is 4.74. The number of nitrogens with one attached hydrogen (secondary N) is 1. The maximum absolute atomic E-state index is 12.1. The molecule has 4 heteroatoms. The molecule has 1 N–H and O–H groups in total. The van der Waals surface area contributed by atoms with Gasteiger partial charge in [-0.25, -0.2) is 0 Å². The number of hydrogen-bond acceptors (Lipinski definition) is 3. The van der Waals surface area contributed by atoms with Crippen molar-refractivity contribution in [1.82, 2.24) is 4.98 Å². The van der Waals surface area contributed by atoms with Crippen LogP contribution in [0.25, 0.3) is 17.0 Å². The van der Waals surface area contributed by atoms with Gasteiger partial charge in [0.25, 0.3) is 0 Å². The number of thioether (sulfide) groups is 1. The lowest BCUT2D eigenvalue weighted by Gasteiger charge is -2.03. The zero-order valence-electron chi connectivity index (χ0n) is 12.7. The fourth-order valence-electron chi connectivity index (χ4n) is 2.29. The molecule has 1 amide bonds. The highest BCUT2D eigenvalue weighted by Gasteiger charge is 2.01. The average Bonchev–Trinajstić information content (AvgIpc) is 2.60. The van der Waals surface area contributed by atoms with Gasteiger partial charge >= 0.3 is 0 Å². The van der Waals surface area contributed by atoms with E-state index < -0.39 is 0 Å². The predicted octanol–water partition coefficient (Wildman–Crippen LogP) is 4.61. The molecule has 0 aliphatic rings. The fourth-order valence-corrected chi connectivity index (χ4v) is 2.69. The molecular formula is C19H16N2OS. The van der Waals surface area contributed by atoms with Crippen LogP contribution in [0.2, 0.25) is 0 Å². The molecule has 0 saturated heterocycles. The van der Waals surface area contributed by atoms with Crippen molar-refractivity contribution >= 4 is 40.3 Å². The Morgan fingerprint density at radius 1 is 1.09 bits per heavy atom. The van der Waals surface area contributed by atoms with Gasteiger partial charge in [-0.1, -0.05) is 24.3 Å². The molecule has 0 bridgehead atoms. The number of aromatic nitrogens is 1. The second kappa shape index (κ2) is 7.11. The van der Waals surface area contributed by atoms with Crippen LogP contribution < -0.4 is 5.32 Å². The van der Waals surface area contributed by atoms with E-state index >= 15 is 0 Å². The van der Waals surface area contributed by atoms with E-state index in [1.807, 2.05) is 60.9 Å². The number of nitrogens with zero attached hydrogens (tertiary/aromatic N) is 1. The van der Waals surface area contributed by atoms with Gasteiger partial charge in [-0.3, -0.25) is 9.78 Å². The zero-order valence-corrected chi connectivity index (χ0v) is 13.5. The molecule has 3 rings (SSSR count). The van der Waals surface area contributed by atoms with Crippen molar-refractivity contribution in [2.45, 2.75) is 4.90 Å². The van der Waals surface area contributed by atoms with Gasteiger partial charge in [0, 0.05) is 33.8 Å². The number of pyridine rings is 1. The van der Waals surface area contributed by atoms with Gasteiger partial charge < -0.3 is 5.32 Å². The van der Waals surface area contributed by atoms with Crippen LogP contribution in [0.5, 0.6) is 0 Å². The first-order chi connectivity index (χ1) is 11.3. The summed E-state index contributed by atoms with van der Waals surface area (Å²) < 4.78 is 0. The minimum Gasteiger partial charge on any atom is -0.323 e. The van der Waals surface area contributed by atoms with Crippen molar-refractivity contribution in [3.05, 3.63) is 72.4 Å². The molecule has 0 aliphatic carbocycles. The van der Waals surface area contributed by atoms with Crippen LogP contribution in [0.3, 0.4) is 0 Å². The topological polar surface area (TPSA) is 42.0 Å². The largest absolute Gasteiger partial charge is 0.323 e. The van der Waals surface area contributed by atoms with Gasteiger partial charge in [-0.2, -0.15) is 0 Å². The molecule has 0 radical (unpaired) electrons. The fraction of sp³-hybridized carbons (Fsp3) is 0.0526. The van der Waals surface area contributed by atoms with Gasteiger partial charge in [0.05, 0.1) is 5.52 Å². The van der Waals surface area contributed by atoms with Crippen LogP contribution in [0.1, 0.15) is 5.56 Å². The molecular weight excluding hydrogens is 304 g/mol. The van der Waals surface area contributed by atoms with Crippen molar-refractivity contribution in [2.75, 3.05) is 11.6 Å². The van der Waals surface area contributed by atoms with Crippen LogP contribution in [-0.4, -0.2) is 17.1 Å². The number of fused-ring (bicyclic) bond motifs is 1. The molecule has 23 heavy (non-hydrogen) atoms. The number of para-hydroxylation sites is 1. The molecule has 0 unspecified atom stereocenters. The smallest absolute Gasteiger partial charge is 0.248 e. The Bertz CT molecular complexity index is 851. The monoisotopic (exact) mass is 320 g/mol. The Morgan fingerprint density at radius 3 is 2.65 bits per heavy atom. The lowest BCUT2D eigenvalue weighted by molar-refractivity contribution is -0.111. The number of benzene rings is 2. The molecule has 0 spiro atoms. The van der Waals surface area contributed by atoms with E-state index in [-0.39, 0.29) is 5.91 Å². The first-order valence-corrected chi connectivity index (χ1v) is 8.45. The third-order valence-corrected chi connectivity index (χ3v) is 4.18. The minimum absolute atomic E-state index is 0.158. The van der Waals surface area contributed by atoms with Gasteiger partial charge in [-0.05, 0) is 42.7 Å². The van der Waals surface area contributed by atoms with E-state index in [1.54, 1.807) is 24.0 Å². The summed E-state index contributed by atoms with van der Waals surface area (Å²) in [5, 5.41) is 3.91. The lowest BCUT2D eigenvalue weighted by atomic mass is 10.1. The Hall–Kier alpha value is -2.59. The van der Waals surface area contributed by atoms with Gasteiger partial charge in [0.1, 0.15) is 0 Å². The molecule has 1 aromatic heterocycles. The quantitative estimate of drug-likeness (QED) is 0.564. The van der Waals surface area contributed by atoms with Gasteiger partial charge in [0.15, 0.2) is 0 Å². The Balaban J connectivity index is 1.74. The van der Waals surface area contributed by atoms with E-state index in [4.69, 9.17) is 0 Å². The SMILES string of the molecule is CSc1ccc(NC(=O)/C=C/c2cccc3cccnc23)cc1. The maximum Gasteiger partial charge on any atom is 0.248 e. The number of anilines is 1. The number of carbonyl (C=O) groups excluding carboxylic acids is 1. The van der Waals surface area contributed by atoms with Crippen LogP contribution in [-0.2, 0) is 4.79 Å². The summed E-state index contributed by atoms with van der Waals surface area (Å²) in [7, 11) is 0. The number of hydrogen-bond donors (Lipinski definition) is 1. The summed E-state index contributed by atoms with van der Waals surface area (Å²) in [6.45, 7) is 0. The minimum atomic E-state index is -0.158. The number of amides is 1. The lowest BCUT2D eigenvalue weighted by Crippen LogP contribution is -2.07. The van der Waals surface area contributed by atoms with Crippen LogP contribution in [0, 0.1) is 0 Å². The molecule has 0 saturated carbocycles. The third kappa shape index (κ3) is 3.79. The van der Waals surface area contributed by atoms with Crippen LogP contribution >= 0.6 is 11.8 Å². The molecule has 1 heterocycles. The second-order valence-corrected chi connectivity index (χ2v) is 5.85. The zero-order chi connectivity index (χ0) is 16.1. The summed E-state index contributed by atoms with van der Waals surface area (Å²) in [5.74, 6) is -0.158. The molecule has 0 fully saturated rings. The highest BCUT2D eigenvalue weighted by Crippen LogP contribution is 2.18. The Labute approximate surface area is 139 Å². The van der Waals surface area contributed by atoms with Crippen molar-refractivity contribution in [2.24, 2.45) is 0 Å². The predicted molar refractivity (Wildman–Crippen MR) is 97.6 cm³/mol. The highest BCUT2D eigenvalue weighted by atomic mass is 32.2. The summed E-state index contributed by atoms with van der Waals surface area (Å²) in [5.41, 5.74) is 2.60. The maximum atomic E-state index is 12.1. The van der Waals surface area contributed by atoms with E-state index in [9.17, 15) is 4.79 Å². The van der Waals surface area contributed by atoms with E-state index in [0.717, 1.165) is 22.2 Å². The van der Waals surface area contributed by atoms with E-state index in [0.29, 0.717) is 0 Å². The Morgan fingerprint density at radius 2 is 1.87 bits per heavy atom.